The first-order valence-corrected chi connectivity index (χ1v) is 2.74. The first kappa shape index (κ1) is 5.29. The summed E-state index contributed by atoms with van der Waals surface area (Å²) in [5.74, 6) is 4.27. The summed E-state index contributed by atoms with van der Waals surface area (Å²) < 4.78 is 12.9. The van der Waals surface area contributed by atoms with E-state index in [1.54, 1.807) is 0 Å². The third-order valence-corrected chi connectivity index (χ3v) is 0.471. The molecule has 0 saturated heterocycles. The lowest BCUT2D eigenvalue weighted by molar-refractivity contribution is 0.370. The van der Waals surface area contributed by atoms with Crippen LogP contribution in [-0.2, 0) is 29.3 Å². The second-order valence-corrected chi connectivity index (χ2v) is 1.72. The Kier molecular flexibility index (Phi) is 2.67. The van der Waals surface area contributed by atoms with Gasteiger partial charge < -0.3 is 8.49 Å². The van der Waals surface area contributed by atoms with Crippen LogP contribution in [0.15, 0.2) is 0 Å². The van der Waals surface area contributed by atoms with Crippen molar-refractivity contribution in [2.45, 2.75) is 0 Å². The Morgan fingerprint density at radius 3 is 2.20 bits per heavy atom. The fourth-order valence-corrected chi connectivity index (χ4v) is 0. The lowest BCUT2D eigenvalue weighted by Gasteiger charge is -1.86. The fourth-order valence-electron chi connectivity index (χ4n) is 0. The molecular formula is H2NO2S2-. The maximum Gasteiger partial charge on any atom is -0.0691 e. The molecule has 0 aromatic carbocycles. The van der Waals surface area contributed by atoms with Crippen molar-refractivity contribution < 1.29 is 8.49 Å². The van der Waals surface area contributed by atoms with Gasteiger partial charge in [0, 0.05) is 0 Å². The van der Waals surface area contributed by atoms with Crippen LogP contribution in [0, 0.1) is 0 Å². The highest BCUT2D eigenvalue weighted by Crippen LogP contribution is 1.50. The van der Waals surface area contributed by atoms with Crippen molar-refractivity contribution in [1.29, 1.82) is 0 Å². The monoisotopic (exact) mass is 112 g/mol. The number of nitrogens with two attached hydrogens (primary N) is 1. The lowest BCUT2D eigenvalue weighted by atomic mass is 13.6. The molecule has 0 heterocycles. The number of hydrogen-bond acceptors (Lipinski definition) is 5. The van der Waals surface area contributed by atoms with Gasteiger partial charge in [0.2, 0.25) is 0 Å². The summed E-state index contributed by atoms with van der Waals surface area (Å²) in [5.41, 5.74) is 0. The molecule has 32 valence electrons. The quantitative estimate of drug-likeness (QED) is 0.357. The lowest BCUT2D eigenvalue weighted by Crippen LogP contribution is -1.91. The van der Waals surface area contributed by atoms with Gasteiger partial charge in [-0.15, -0.1) is 0 Å². The van der Waals surface area contributed by atoms with Gasteiger partial charge in [0.05, 0.1) is 0 Å². The minimum Gasteiger partial charge on any atom is -0.424 e. The smallest absolute Gasteiger partial charge is 0.0691 e. The van der Waals surface area contributed by atoms with Crippen molar-refractivity contribution in [3.05, 3.63) is 0 Å². The van der Waals surface area contributed by atoms with Crippen LogP contribution in [-0.4, -0.2) is 0 Å². The molecule has 3 nitrogen and oxygen atoms in total. The molecule has 2 N–H and O–H groups in total. The highest BCUT2D eigenvalue weighted by molar-refractivity contribution is 8.19. The van der Waals surface area contributed by atoms with Gasteiger partial charge in [-0.25, -0.2) is 17.1 Å². The molecule has 0 radical (unpaired) electrons. The normalized spacial score (nSPS) is 9.20. The van der Waals surface area contributed by atoms with Crippen LogP contribution < -0.4 is 5.90 Å². The summed E-state index contributed by atoms with van der Waals surface area (Å²) in [6.45, 7) is 0. The average molecular weight is 112 g/mol. The Morgan fingerprint density at radius 2 is 2.20 bits per heavy atom. The Balaban J connectivity index is 3.23. The molecule has 0 spiro atoms. The van der Waals surface area contributed by atoms with Crippen LogP contribution in [0.4, 0.5) is 0 Å². The first-order chi connectivity index (χ1) is 2.27. The zero-order chi connectivity index (χ0) is 4.28. The SMILES string of the molecule is NO[S-](=O)=S. The molecule has 0 rings (SSSR count). The van der Waals surface area contributed by atoms with Crippen molar-refractivity contribution in [2.75, 3.05) is 0 Å². The van der Waals surface area contributed by atoms with Gasteiger partial charge >= 0.3 is 0 Å². The van der Waals surface area contributed by atoms with E-state index < -0.39 is 9.64 Å². The second-order valence-electron chi connectivity index (χ2n) is 0.300. The topological polar surface area (TPSA) is 52.3 Å². The van der Waals surface area contributed by atoms with Crippen LogP contribution >= 0.6 is 0 Å². The van der Waals surface area contributed by atoms with E-state index in [1.165, 1.54) is 0 Å². The van der Waals surface area contributed by atoms with Crippen LogP contribution in [0.2, 0.25) is 0 Å². The first-order valence-electron chi connectivity index (χ1n) is 0.736. The van der Waals surface area contributed by atoms with Crippen molar-refractivity contribution in [2.24, 2.45) is 5.90 Å². The molecule has 0 fully saturated rings. The van der Waals surface area contributed by atoms with Crippen LogP contribution in [0.5, 0.6) is 0 Å². The molecule has 0 aliphatic carbocycles. The highest BCUT2D eigenvalue weighted by atomic mass is 32.8. The molecule has 5 heavy (non-hydrogen) atoms. The van der Waals surface area contributed by atoms with Crippen LogP contribution in [0.25, 0.3) is 0 Å². The van der Waals surface area contributed by atoms with Gasteiger partial charge in [0.15, 0.2) is 0 Å². The van der Waals surface area contributed by atoms with E-state index in [2.05, 4.69) is 21.4 Å². The summed E-state index contributed by atoms with van der Waals surface area (Å²) in [6, 6.07) is 0. The summed E-state index contributed by atoms with van der Waals surface area (Å²) in [7, 11) is -1.71. The Labute approximate surface area is 36.0 Å². The van der Waals surface area contributed by atoms with Gasteiger partial charge in [-0.3, -0.25) is 0 Å². The van der Waals surface area contributed by atoms with E-state index in [4.69, 9.17) is 0 Å². The predicted octanol–water partition coefficient (Wildman–Crippen LogP) is -0.783. The van der Waals surface area contributed by atoms with Crippen LogP contribution in [0.1, 0.15) is 0 Å². The molecule has 5 heteroatoms. The standard InChI is InChI=1S/H2NO2S2/c1-3-5(2)4/h1H2/q-1. The fraction of sp³-hybridized carbons (Fsp3) is 0. The number of rotatable bonds is 1. The van der Waals surface area contributed by atoms with Gasteiger partial charge in [-0.05, 0) is 0 Å². The Bertz CT molecular complexity index is 65.7. The zero-order valence-electron chi connectivity index (χ0n) is 2.21. The molecule has 0 aromatic rings. The maximum atomic E-state index is 9.39. The Hall–Kier alpha value is 0.290. The molecule has 0 amide bonds. The summed E-state index contributed by atoms with van der Waals surface area (Å²) >= 11 is 3.91. The van der Waals surface area contributed by atoms with E-state index in [0.717, 1.165) is 0 Å². The maximum absolute atomic E-state index is 9.39. The highest BCUT2D eigenvalue weighted by Gasteiger charge is 1.39. The number of hydrogen-bond donors (Lipinski definition) is 1. The third kappa shape index (κ3) is 4.29. The van der Waals surface area contributed by atoms with Crippen molar-refractivity contribution in [1.82, 2.24) is 0 Å². The van der Waals surface area contributed by atoms with Crippen molar-refractivity contribution in [3.8, 4) is 0 Å². The summed E-state index contributed by atoms with van der Waals surface area (Å²) in [5, 5.41) is 0. The van der Waals surface area contributed by atoms with E-state index >= 15 is 0 Å². The van der Waals surface area contributed by atoms with Gasteiger partial charge in [-0.1, -0.05) is 9.64 Å². The van der Waals surface area contributed by atoms with Gasteiger partial charge in [-0.2, -0.15) is 0 Å². The van der Waals surface area contributed by atoms with Crippen molar-refractivity contribution in [3.63, 3.8) is 0 Å². The van der Waals surface area contributed by atoms with Crippen molar-refractivity contribution >= 4 is 20.8 Å². The molecule has 0 saturated carbocycles. The van der Waals surface area contributed by atoms with Crippen LogP contribution in [0.3, 0.4) is 0 Å². The van der Waals surface area contributed by atoms with E-state index in [1.807, 2.05) is 0 Å². The average Bonchev–Trinajstić information content (AvgIpc) is 1.38. The molecule has 0 atom stereocenters. The van der Waals surface area contributed by atoms with E-state index in [9.17, 15) is 4.21 Å². The predicted molar refractivity (Wildman–Crippen MR) is 20.7 cm³/mol. The second kappa shape index (κ2) is 2.52. The molecule has 0 unspecified atom stereocenters. The zero-order valence-corrected chi connectivity index (χ0v) is 3.84. The molecule has 0 aromatic heterocycles. The largest absolute Gasteiger partial charge is 0.424 e. The van der Waals surface area contributed by atoms with E-state index in [0.29, 0.717) is 0 Å². The van der Waals surface area contributed by atoms with Gasteiger partial charge in [0.25, 0.3) is 0 Å². The molecular weight excluding hydrogens is 110 g/mol. The third-order valence-electron chi connectivity index (χ3n) is 0.0786. The van der Waals surface area contributed by atoms with Gasteiger partial charge in [0.1, 0.15) is 0 Å². The molecule has 0 aliphatic heterocycles. The summed E-state index contributed by atoms with van der Waals surface area (Å²) in [4.78, 5) is 0. The Morgan fingerprint density at radius 1 is 2.00 bits per heavy atom. The minimum atomic E-state index is -1.71. The summed E-state index contributed by atoms with van der Waals surface area (Å²) in [6.07, 6.45) is 0. The van der Waals surface area contributed by atoms with E-state index in [-0.39, 0.29) is 0 Å². The molecule has 0 bridgehead atoms. The minimum absolute atomic E-state index is 1.71. The molecule has 0 aliphatic rings.